The average molecular weight is 265 g/mol. The Balaban J connectivity index is 2.22. The highest BCUT2D eigenvalue weighted by molar-refractivity contribution is 5.96. The summed E-state index contributed by atoms with van der Waals surface area (Å²) in [6, 6.07) is 1.68. The molecule has 0 unspecified atom stereocenters. The third-order valence-electron chi connectivity index (χ3n) is 3.65. The van der Waals surface area contributed by atoms with Gasteiger partial charge in [0.2, 0.25) is 0 Å². The van der Waals surface area contributed by atoms with E-state index in [0.717, 1.165) is 18.5 Å². The van der Waals surface area contributed by atoms with Crippen LogP contribution in [0.15, 0.2) is 6.07 Å². The summed E-state index contributed by atoms with van der Waals surface area (Å²) in [5.41, 5.74) is 0.0729. The fourth-order valence-corrected chi connectivity index (χ4v) is 2.62. The summed E-state index contributed by atoms with van der Waals surface area (Å²) < 4.78 is 1.59. The lowest BCUT2D eigenvalue weighted by Crippen LogP contribution is -2.52. The van der Waals surface area contributed by atoms with E-state index in [1.807, 2.05) is 13.8 Å². The molecular formula is C13H19N3O3. The number of hydrogen-bond acceptors (Lipinski definition) is 3. The number of amides is 1. The molecule has 2 rings (SSSR count). The highest BCUT2D eigenvalue weighted by Crippen LogP contribution is 2.30. The first kappa shape index (κ1) is 13.6. The van der Waals surface area contributed by atoms with Gasteiger partial charge in [-0.3, -0.25) is 9.48 Å². The second-order valence-corrected chi connectivity index (χ2v) is 5.04. The molecule has 0 bridgehead atoms. The van der Waals surface area contributed by atoms with E-state index in [1.165, 1.54) is 0 Å². The molecule has 6 nitrogen and oxygen atoms in total. The number of aliphatic carboxylic acids is 1. The number of carboxylic acids is 1. The molecule has 0 radical (unpaired) electrons. The van der Waals surface area contributed by atoms with E-state index in [4.69, 9.17) is 0 Å². The first-order valence-corrected chi connectivity index (χ1v) is 6.59. The van der Waals surface area contributed by atoms with E-state index in [0.29, 0.717) is 25.1 Å². The molecule has 0 aliphatic heterocycles. The largest absolute Gasteiger partial charge is 0.480 e. The van der Waals surface area contributed by atoms with E-state index >= 15 is 0 Å². The maximum Gasteiger partial charge on any atom is 0.329 e. The zero-order chi connectivity index (χ0) is 14.0. The van der Waals surface area contributed by atoms with Gasteiger partial charge in [-0.25, -0.2) is 4.79 Å². The van der Waals surface area contributed by atoms with Gasteiger partial charge in [0.1, 0.15) is 11.2 Å². The van der Waals surface area contributed by atoms with Crippen molar-refractivity contribution < 1.29 is 14.7 Å². The van der Waals surface area contributed by atoms with E-state index < -0.39 is 11.5 Å². The van der Waals surface area contributed by atoms with Crippen molar-refractivity contribution in [1.29, 1.82) is 0 Å². The molecule has 0 atom stereocenters. The van der Waals surface area contributed by atoms with Crippen molar-refractivity contribution in [3.63, 3.8) is 0 Å². The molecule has 6 heteroatoms. The summed E-state index contributed by atoms with van der Waals surface area (Å²) in [6.07, 6.45) is 2.65. The van der Waals surface area contributed by atoms with Crippen molar-refractivity contribution in [1.82, 2.24) is 15.1 Å². The van der Waals surface area contributed by atoms with Crippen molar-refractivity contribution in [3.8, 4) is 0 Å². The maximum atomic E-state index is 12.3. The lowest BCUT2D eigenvalue weighted by molar-refractivity contribution is -0.144. The third-order valence-corrected chi connectivity index (χ3v) is 3.65. The Labute approximate surface area is 111 Å². The molecular weight excluding hydrogens is 246 g/mol. The Morgan fingerprint density at radius 1 is 1.47 bits per heavy atom. The number of hydrogen-bond donors (Lipinski definition) is 2. The number of carboxylic acid groups (broad SMARTS) is 1. The zero-order valence-corrected chi connectivity index (χ0v) is 11.3. The second kappa shape index (κ2) is 5.03. The summed E-state index contributed by atoms with van der Waals surface area (Å²) >= 11 is 0. The van der Waals surface area contributed by atoms with Gasteiger partial charge in [0, 0.05) is 6.54 Å². The van der Waals surface area contributed by atoms with E-state index in [9.17, 15) is 14.7 Å². The van der Waals surface area contributed by atoms with Crippen molar-refractivity contribution in [2.75, 3.05) is 0 Å². The van der Waals surface area contributed by atoms with Gasteiger partial charge < -0.3 is 10.4 Å². The topological polar surface area (TPSA) is 84.2 Å². The number of aromatic nitrogens is 2. The summed E-state index contributed by atoms with van der Waals surface area (Å²) in [5.74, 6) is -1.30. The van der Waals surface area contributed by atoms with Crippen LogP contribution >= 0.6 is 0 Å². The van der Waals surface area contributed by atoms with Crippen molar-refractivity contribution >= 4 is 11.9 Å². The van der Waals surface area contributed by atoms with Crippen molar-refractivity contribution in [2.45, 2.75) is 51.6 Å². The van der Waals surface area contributed by atoms with Crippen LogP contribution in [0.4, 0.5) is 0 Å². The van der Waals surface area contributed by atoms with Gasteiger partial charge in [-0.15, -0.1) is 0 Å². The first-order chi connectivity index (χ1) is 8.98. The number of nitrogens with one attached hydrogen (secondary N) is 1. The van der Waals surface area contributed by atoms with Crippen LogP contribution < -0.4 is 5.32 Å². The minimum absolute atomic E-state index is 0.355. The molecule has 1 saturated carbocycles. The Morgan fingerprint density at radius 3 is 2.63 bits per heavy atom. The number of carbonyl (C=O) groups excluding carboxylic acids is 1. The Kier molecular flexibility index (Phi) is 3.59. The van der Waals surface area contributed by atoms with E-state index in [1.54, 1.807) is 10.7 Å². The average Bonchev–Trinajstić information content (AvgIpc) is 2.96. The van der Waals surface area contributed by atoms with Gasteiger partial charge in [0.15, 0.2) is 0 Å². The van der Waals surface area contributed by atoms with Crippen LogP contribution in [0, 0.1) is 6.92 Å². The number of nitrogens with zero attached hydrogens (tertiary/aromatic N) is 2. The molecule has 1 aliphatic carbocycles. The number of aryl methyl sites for hydroxylation is 2. The molecule has 104 valence electrons. The van der Waals surface area contributed by atoms with Gasteiger partial charge in [-0.05, 0) is 32.8 Å². The lowest BCUT2D eigenvalue weighted by atomic mass is 9.97. The highest BCUT2D eigenvalue weighted by Gasteiger charge is 2.43. The zero-order valence-electron chi connectivity index (χ0n) is 11.3. The molecule has 0 spiro atoms. The molecule has 1 heterocycles. The minimum atomic E-state index is -1.10. The predicted octanol–water partition coefficient (Wildman–Crippen LogP) is 1.34. The van der Waals surface area contributed by atoms with E-state index in [-0.39, 0.29) is 5.91 Å². The number of rotatable bonds is 4. The molecule has 19 heavy (non-hydrogen) atoms. The molecule has 2 N–H and O–H groups in total. The van der Waals surface area contributed by atoms with Crippen LogP contribution in [0.3, 0.4) is 0 Å². The predicted molar refractivity (Wildman–Crippen MR) is 68.9 cm³/mol. The van der Waals surface area contributed by atoms with Crippen molar-refractivity contribution in [3.05, 3.63) is 17.5 Å². The first-order valence-electron chi connectivity index (χ1n) is 6.59. The Hall–Kier alpha value is -1.85. The molecule has 1 amide bonds. The molecule has 1 aromatic rings. The smallest absolute Gasteiger partial charge is 0.329 e. The monoisotopic (exact) mass is 265 g/mol. The minimum Gasteiger partial charge on any atom is -0.480 e. The van der Waals surface area contributed by atoms with Crippen LogP contribution in [-0.2, 0) is 11.3 Å². The summed E-state index contributed by atoms with van der Waals surface area (Å²) in [6.45, 7) is 4.29. The molecule has 1 aliphatic rings. The van der Waals surface area contributed by atoms with Crippen LogP contribution in [0.5, 0.6) is 0 Å². The van der Waals surface area contributed by atoms with Crippen molar-refractivity contribution in [2.24, 2.45) is 0 Å². The lowest BCUT2D eigenvalue weighted by Gasteiger charge is -2.25. The fourth-order valence-electron chi connectivity index (χ4n) is 2.62. The normalized spacial score (nSPS) is 17.4. The Morgan fingerprint density at radius 2 is 2.11 bits per heavy atom. The van der Waals surface area contributed by atoms with Gasteiger partial charge >= 0.3 is 5.97 Å². The quantitative estimate of drug-likeness (QED) is 0.860. The highest BCUT2D eigenvalue weighted by atomic mass is 16.4. The van der Waals surface area contributed by atoms with Gasteiger partial charge in [-0.1, -0.05) is 12.8 Å². The third kappa shape index (κ3) is 2.47. The SMILES string of the molecule is CCn1nc(C)cc1C(=O)NC1(C(=O)O)CCCC1. The van der Waals surface area contributed by atoms with Crippen LogP contribution in [-0.4, -0.2) is 32.3 Å². The standard InChI is InChI=1S/C13H19N3O3/c1-3-16-10(8-9(2)15-16)11(17)14-13(12(18)19)6-4-5-7-13/h8H,3-7H2,1-2H3,(H,14,17)(H,18,19). The summed E-state index contributed by atoms with van der Waals surface area (Å²) in [5, 5.41) is 16.3. The fraction of sp³-hybridized carbons (Fsp3) is 0.615. The second-order valence-electron chi connectivity index (χ2n) is 5.04. The Bertz CT molecular complexity index is 501. The maximum absolute atomic E-state index is 12.3. The van der Waals surface area contributed by atoms with Gasteiger partial charge in [0.05, 0.1) is 5.69 Å². The summed E-state index contributed by atoms with van der Waals surface area (Å²) in [7, 11) is 0. The molecule has 1 aromatic heterocycles. The van der Waals surface area contributed by atoms with Gasteiger partial charge in [0.25, 0.3) is 5.91 Å². The summed E-state index contributed by atoms with van der Waals surface area (Å²) in [4.78, 5) is 23.7. The van der Waals surface area contributed by atoms with Gasteiger partial charge in [-0.2, -0.15) is 5.10 Å². The molecule has 0 saturated heterocycles. The van der Waals surface area contributed by atoms with Crippen LogP contribution in [0.2, 0.25) is 0 Å². The van der Waals surface area contributed by atoms with Crippen LogP contribution in [0.1, 0.15) is 48.8 Å². The van der Waals surface area contributed by atoms with Crippen LogP contribution in [0.25, 0.3) is 0 Å². The number of carbonyl (C=O) groups is 2. The van der Waals surface area contributed by atoms with E-state index in [2.05, 4.69) is 10.4 Å². The molecule has 1 fully saturated rings. The molecule has 0 aromatic carbocycles.